The van der Waals surface area contributed by atoms with E-state index < -0.39 is 0 Å². The molecular weight excluding hydrogens is 212 g/mol. The third kappa shape index (κ3) is 3.08. The fraction of sp³-hybridized carbons (Fsp3) is 0.909. The summed E-state index contributed by atoms with van der Waals surface area (Å²) in [5, 5.41) is 3.46. The normalized spacial score (nSPS) is 25.9. The Morgan fingerprint density at radius 1 is 1.33 bits per heavy atom. The first-order valence-corrected chi connectivity index (χ1v) is 6.41. The minimum Gasteiger partial charge on any atom is -0.337 e. The van der Waals surface area contributed by atoms with Gasteiger partial charge < -0.3 is 10.2 Å². The molecule has 1 aliphatic heterocycles. The number of nitrogens with one attached hydrogen (secondary N) is 1. The molecule has 0 aromatic rings. The summed E-state index contributed by atoms with van der Waals surface area (Å²) in [4.78, 5) is 13.4. The fourth-order valence-electron chi connectivity index (χ4n) is 2.23. The Morgan fingerprint density at radius 3 is 2.80 bits per heavy atom. The zero-order chi connectivity index (χ0) is 10.7. The first-order valence-electron chi connectivity index (χ1n) is 5.87. The fourth-order valence-corrected chi connectivity index (χ4v) is 2.38. The van der Waals surface area contributed by atoms with Crippen LogP contribution in [0, 0.1) is 5.92 Å². The van der Waals surface area contributed by atoms with Gasteiger partial charge in [0, 0.05) is 19.1 Å². The largest absolute Gasteiger partial charge is 0.337 e. The van der Waals surface area contributed by atoms with Crippen molar-refractivity contribution >= 4 is 17.5 Å². The summed E-state index contributed by atoms with van der Waals surface area (Å²) in [6.45, 7) is 2.96. The number of alkyl halides is 1. The first kappa shape index (κ1) is 11.2. The molecule has 1 heterocycles. The first-order chi connectivity index (χ1) is 7.31. The number of amides is 1. The van der Waals surface area contributed by atoms with E-state index in [9.17, 15) is 4.79 Å². The Balaban J connectivity index is 1.71. The van der Waals surface area contributed by atoms with Gasteiger partial charge in [-0.1, -0.05) is 0 Å². The highest BCUT2D eigenvalue weighted by Crippen LogP contribution is 2.27. The third-order valence-electron chi connectivity index (χ3n) is 3.32. The molecule has 4 heteroatoms. The summed E-state index contributed by atoms with van der Waals surface area (Å²) in [7, 11) is 0. The number of carbonyl (C=O) groups is 1. The molecule has 0 bridgehead atoms. The van der Waals surface area contributed by atoms with Crippen molar-refractivity contribution in [2.45, 2.75) is 31.7 Å². The molecule has 2 fully saturated rings. The predicted octanol–water partition coefficient (Wildman–Crippen LogP) is 1.22. The van der Waals surface area contributed by atoms with Crippen LogP contribution >= 0.6 is 11.6 Å². The van der Waals surface area contributed by atoms with Crippen molar-refractivity contribution in [2.75, 3.05) is 25.5 Å². The van der Waals surface area contributed by atoms with E-state index in [1.54, 1.807) is 0 Å². The quantitative estimate of drug-likeness (QED) is 0.721. The second kappa shape index (κ2) is 5.17. The second-order valence-electron chi connectivity index (χ2n) is 4.62. The number of hydrogen-bond donors (Lipinski definition) is 1. The van der Waals surface area contributed by atoms with E-state index in [-0.39, 0.29) is 11.8 Å². The maximum Gasteiger partial charge on any atom is 0.237 e. The summed E-state index contributed by atoms with van der Waals surface area (Å²) < 4.78 is 0. The van der Waals surface area contributed by atoms with Crippen LogP contribution in [0.25, 0.3) is 0 Å². The van der Waals surface area contributed by atoms with Gasteiger partial charge in [0.1, 0.15) is 5.88 Å². The van der Waals surface area contributed by atoms with Crippen LogP contribution in [0.4, 0.5) is 0 Å². The molecule has 0 radical (unpaired) electrons. The van der Waals surface area contributed by atoms with E-state index >= 15 is 0 Å². The average molecular weight is 231 g/mol. The molecule has 1 unspecified atom stereocenters. The molecule has 0 aromatic carbocycles. The van der Waals surface area contributed by atoms with E-state index in [4.69, 9.17) is 11.6 Å². The van der Waals surface area contributed by atoms with Gasteiger partial charge in [-0.2, -0.15) is 0 Å². The lowest BCUT2D eigenvalue weighted by Crippen LogP contribution is -2.42. The van der Waals surface area contributed by atoms with Crippen LogP contribution < -0.4 is 5.32 Å². The number of rotatable bonds is 5. The van der Waals surface area contributed by atoms with Gasteiger partial charge in [-0.25, -0.2) is 0 Å². The Morgan fingerprint density at radius 2 is 2.13 bits per heavy atom. The second-order valence-corrected chi connectivity index (χ2v) is 4.89. The monoisotopic (exact) mass is 230 g/mol. The van der Waals surface area contributed by atoms with Crippen molar-refractivity contribution in [2.24, 2.45) is 5.92 Å². The van der Waals surface area contributed by atoms with Crippen LogP contribution in [0.3, 0.4) is 0 Å². The van der Waals surface area contributed by atoms with Crippen LogP contribution in [0.5, 0.6) is 0 Å². The number of likely N-dealkylation sites (tertiary alicyclic amines) is 1. The Kier molecular flexibility index (Phi) is 3.87. The third-order valence-corrected chi connectivity index (χ3v) is 3.55. The van der Waals surface area contributed by atoms with Crippen LogP contribution in [-0.4, -0.2) is 42.4 Å². The minimum atomic E-state index is 0.0902. The lowest BCUT2D eigenvalue weighted by Gasteiger charge is -2.24. The highest BCUT2D eigenvalue weighted by molar-refractivity contribution is 6.27. The van der Waals surface area contributed by atoms with Gasteiger partial charge in [0.2, 0.25) is 5.91 Å². The SMILES string of the molecule is O=C(CCl)N1CCCC1CNCC1CC1. The van der Waals surface area contributed by atoms with Crippen molar-refractivity contribution in [3.63, 3.8) is 0 Å². The van der Waals surface area contributed by atoms with Gasteiger partial charge in [-0.3, -0.25) is 4.79 Å². The number of halogens is 1. The topological polar surface area (TPSA) is 32.3 Å². The van der Waals surface area contributed by atoms with Gasteiger partial charge in [0.25, 0.3) is 0 Å². The number of nitrogens with zero attached hydrogens (tertiary/aromatic N) is 1. The van der Waals surface area contributed by atoms with E-state index in [2.05, 4.69) is 5.32 Å². The molecule has 0 spiro atoms. The molecule has 2 rings (SSSR count). The molecule has 3 nitrogen and oxygen atoms in total. The number of hydrogen-bond acceptors (Lipinski definition) is 2. The molecule has 1 N–H and O–H groups in total. The van der Waals surface area contributed by atoms with Gasteiger partial charge >= 0.3 is 0 Å². The summed E-state index contributed by atoms with van der Waals surface area (Å²) in [5.74, 6) is 1.12. The molecule has 1 amide bonds. The summed E-state index contributed by atoms with van der Waals surface area (Å²) in [5.41, 5.74) is 0. The Labute approximate surface area is 96.2 Å². The molecule has 1 aliphatic carbocycles. The average Bonchev–Trinajstić information content (AvgIpc) is 2.95. The van der Waals surface area contributed by atoms with Crippen molar-refractivity contribution in [3.05, 3.63) is 0 Å². The van der Waals surface area contributed by atoms with E-state index in [0.29, 0.717) is 6.04 Å². The molecule has 0 aromatic heterocycles. The molecular formula is C11H19ClN2O. The van der Waals surface area contributed by atoms with Crippen molar-refractivity contribution in [1.29, 1.82) is 0 Å². The van der Waals surface area contributed by atoms with Crippen LogP contribution in [0.15, 0.2) is 0 Å². The van der Waals surface area contributed by atoms with E-state index in [1.165, 1.54) is 12.8 Å². The van der Waals surface area contributed by atoms with Crippen LogP contribution in [0.2, 0.25) is 0 Å². The highest BCUT2D eigenvalue weighted by Gasteiger charge is 2.28. The Hall–Kier alpha value is -0.280. The summed E-state index contributed by atoms with van der Waals surface area (Å²) >= 11 is 5.58. The predicted molar refractivity (Wildman–Crippen MR) is 61.0 cm³/mol. The lowest BCUT2D eigenvalue weighted by atomic mass is 10.2. The minimum absolute atomic E-state index is 0.0902. The molecule has 1 saturated carbocycles. The highest BCUT2D eigenvalue weighted by atomic mass is 35.5. The molecule has 86 valence electrons. The smallest absolute Gasteiger partial charge is 0.237 e. The van der Waals surface area contributed by atoms with Crippen molar-refractivity contribution in [1.82, 2.24) is 10.2 Å². The molecule has 1 atom stereocenters. The molecule has 1 saturated heterocycles. The van der Waals surface area contributed by atoms with Gasteiger partial charge in [-0.15, -0.1) is 11.6 Å². The van der Waals surface area contributed by atoms with Crippen LogP contribution in [0.1, 0.15) is 25.7 Å². The summed E-state index contributed by atoms with van der Waals surface area (Å²) in [6, 6.07) is 0.384. The lowest BCUT2D eigenvalue weighted by molar-refractivity contribution is -0.129. The van der Waals surface area contributed by atoms with Crippen LogP contribution in [-0.2, 0) is 4.79 Å². The van der Waals surface area contributed by atoms with Gasteiger partial charge in [-0.05, 0) is 38.1 Å². The maximum atomic E-state index is 11.5. The zero-order valence-corrected chi connectivity index (χ0v) is 9.80. The maximum absolute atomic E-state index is 11.5. The van der Waals surface area contributed by atoms with Gasteiger partial charge in [0.05, 0.1) is 0 Å². The van der Waals surface area contributed by atoms with Gasteiger partial charge in [0.15, 0.2) is 0 Å². The number of carbonyl (C=O) groups excluding carboxylic acids is 1. The zero-order valence-electron chi connectivity index (χ0n) is 9.04. The molecule has 15 heavy (non-hydrogen) atoms. The summed E-state index contributed by atoms with van der Waals surface area (Å²) in [6.07, 6.45) is 5.00. The van der Waals surface area contributed by atoms with Crippen molar-refractivity contribution < 1.29 is 4.79 Å². The molecule has 2 aliphatic rings. The Bertz CT molecular complexity index is 231. The van der Waals surface area contributed by atoms with E-state index in [0.717, 1.165) is 38.4 Å². The van der Waals surface area contributed by atoms with E-state index in [1.807, 2.05) is 4.90 Å². The standard InChI is InChI=1S/C11H19ClN2O/c12-6-11(15)14-5-1-2-10(14)8-13-7-9-3-4-9/h9-10,13H,1-8H2. The van der Waals surface area contributed by atoms with Crippen molar-refractivity contribution in [3.8, 4) is 0 Å².